The fraction of sp³-hybridized carbons (Fsp3) is 0.500. The first-order valence-electron chi connectivity index (χ1n) is 6.22. The number of likely N-dealkylation sites (N-methyl/N-ethyl adjacent to an activating group) is 1. The first-order chi connectivity index (χ1) is 8.54. The zero-order valence-electron chi connectivity index (χ0n) is 11.7. The smallest absolute Gasteiger partial charge is 0.251 e. The number of rotatable bonds is 6. The summed E-state index contributed by atoms with van der Waals surface area (Å²) in [6.07, 6.45) is 0. The lowest BCUT2D eigenvalue weighted by atomic mass is 10.1. The lowest BCUT2D eigenvalue weighted by molar-refractivity contribution is 0.0963. The first-order valence-corrected chi connectivity index (χ1v) is 6.22. The fourth-order valence-electron chi connectivity index (χ4n) is 1.53. The lowest BCUT2D eigenvalue weighted by Gasteiger charge is -2.20. The quantitative estimate of drug-likeness (QED) is 0.793. The van der Waals surface area contributed by atoms with E-state index >= 15 is 0 Å². The molecule has 0 spiro atoms. The van der Waals surface area contributed by atoms with Gasteiger partial charge in [0.15, 0.2) is 0 Å². The maximum atomic E-state index is 11.4. The molecular weight excluding hydrogens is 226 g/mol. The van der Waals surface area contributed by atoms with E-state index in [0.717, 1.165) is 13.1 Å². The van der Waals surface area contributed by atoms with Crippen LogP contribution in [0.15, 0.2) is 24.3 Å². The third-order valence-corrected chi connectivity index (χ3v) is 3.09. The van der Waals surface area contributed by atoms with Gasteiger partial charge in [0.2, 0.25) is 0 Å². The number of nitrogens with zero attached hydrogens (tertiary/aromatic N) is 1. The van der Waals surface area contributed by atoms with E-state index in [2.05, 4.69) is 36.6 Å². The maximum absolute atomic E-state index is 11.4. The van der Waals surface area contributed by atoms with Crippen molar-refractivity contribution in [1.29, 1.82) is 0 Å². The van der Waals surface area contributed by atoms with Crippen molar-refractivity contribution in [2.24, 2.45) is 0 Å². The molecule has 1 unspecified atom stereocenters. The molecule has 1 amide bonds. The first kappa shape index (κ1) is 14.7. The molecule has 0 aliphatic carbocycles. The number of carbonyl (C=O) groups is 1. The van der Waals surface area contributed by atoms with Crippen LogP contribution in [0.2, 0.25) is 0 Å². The van der Waals surface area contributed by atoms with Gasteiger partial charge < -0.3 is 15.5 Å². The Hall–Kier alpha value is -1.39. The standard InChI is InChI=1S/C14H23N3O/c1-11(17(3)4)9-16-10-12-5-7-13(8-6-12)14(18)15-2/h5-8,11,16H,9-10H2,1-4H3,(H,15,18). The second-order valence-corrected chi connectivity index (χ2v) is 4.72. The number of hydrogen-bond donors (Lipinski definition) is 2. The van der Waals surface area contributed by atoms with Crippen LogP contribution in [-0.2, 0) is 6.54 Å². The minimum atomic E-state index is -0.0456. The summed E-state index contributed by atoms with van der Waals surface area (Å²) in [7, 11) is 5.79. The third kappa shape index (κ3) is 4.47. The molecule has 0 bridgehead atoms. The number of nitrogens with one attached hydrogen (secondary N) is 2. The molecule has 0 heterocycles. The van der Waals surface area contributed by atoms with Crippen LogP contribution in [-0.4, -0.2) is 44.5 Å². The number of hydrogen-bond acceptors (Lipinski definition) is 3. The van der Waals surface area contributed by atoms with Crippen molar-refractivity contribution in [2.75, 3.05) is 27.7 Å². The average Bonchev–Trinajstić information content (AvgIpc) is 2.38. The molecule has 1 aromatic carbocycles. The maximum Gasteiger partial charge on any atom is 0.251 e. The van der Waals surface area contributed by atoms with E-state index < -0.39 is 0 Å². The molecule has 0 aromatic heterocycles. The van der Waals surface area contributed by atoms with Crippen molar-refractivity contribution < 1.29 is 4.79 Å². The van der Waals surface area contributed by atoms with Crippen LogP contribution < -0.4 is 10.6 Å². The molecule has 2 N–H and O–H groups in total. The Morgan fingerprint density at radius 2 is 1.89 bits per heavy atom. The predicted octanol–water partition coefficient (Wildman–Crippen LogP) is 1.09. The summed E-state index contributed by atoms with van der Waals surface area (Å²) in [5.74, 6) is -0.0456. The molecule has 18 heavy (non-hydrogen) atoms. The molecule has 100 valence electrons. The highest BCUT2D eigenvalue weighted by atomic mass is 16.1. The van der Waals surface area contributed by atoms with E-state index in [1.165, 1.54) is 5.56 Å². The van der Waals surface area contributed by atoms with E-state index in [4.69, 9.17) is 0 Å². The van der Waals surface area contributed by atoms with Gasteiger partial charge in [-0.05, 0) is 38.7 Å². The van der Waals surface area contributed by atoms with Crippen LogP contribution in [0.1, 0.15) is 22.8 Å². The van der Waals surface area contributed by atoms with Crippen LogP contribution in [0.3, 0.4) is 0 Å². The Kier molecular flexibility index (Phi) is 5.82. The van der Waals surface area contributed by atoms with Crippen molar-refractivity contribution >= 4 is 5.91 Å². The van der Waals surface area contributed by atoms with Gasteiger partial charge in [0, 0.05) is 31.7 Å². The summed E-state index contributed by atoms with van der Waals surface area (Å²) in [6.45, 7) is 3.96. The van der Waals surface area contributed by atoms with Gasteiger partial charge >= 0.3 is 0 Å². The molecule has 1 aromatic rings. The van der Waals surface area contributed by atoms with Crippen molar-refractivity contribution in [3.63, 3.8) is 0 Å². The second-order valence-electron chi connectivity index (χ2n) is 4.72. The van der Waals surface area contributed by atoms with Crippen LogP contribution in [0.25, 0.3) is 0 Å². The summed E-state index contributed by atoms with van der Waals surface area (Å²) in [5, 5.41) is 6.01. The SMILES string of the molecule is CNC(=O)c1ccc(CNCC(C)N(C)C)cc1. The Balaban J connectivity index is 2.42. The summed E-state index contributed by atoms with van der Waals surface area (Å²) in [5.41, 5.74) is 1.89. The lowest BCUT2D eigenvalue weighted by Crippen LogP contribution is -2.35. The zero-order chi connectivity index (χ0) is 13.5. The Labute approximate surface area is 109 Å². The number of amides is 1. The molecule has 0 aliphatic rings. The molecule has 0 saturated heterocycles. The molecule has 1 atom stereocenters. The van der Waals surface area contributed by atoms with Crippen molar-refractivity contribution in [3.8, 4) is 0 Å². The Morgan fingerprint density at radius 1 is 1.28 bits per heavy atom. The van der Waals surface area contributed by atoms with Gasteiger partial charge in [-0.25, -0.2) is 0 Å². The highest BCUT2D eigenvalue weighted by Gasteiger charge is 2.04. The normalized spacial score (nSPS) is 12.5. The summed E-state index contributed by atoms with van der Waals surface area (Å²) < 4.78 is 0. The minimum Gasteiger partial charge on any atom is -0.355 e. The molecule has 0 radical (unpaired) electrons. The van der Waals surface area contributed by atoms with E-state index in [1.807, 2.05) is 24.3 Å². The van der Waals surface area contributed by atoms with Crippen molar-refractivity contribution in [3.05, 3.63) is 35.4 Å². The van der Waals surface area contributed by atoms with Crippen LogP contribution in [0.5, 0.6) is 0 Å². The Bertz CT molecular complexity index is 373. The third-order valence-electron chi connectivity index (χ3n) is 3.09. The second kappa shape index (κ2) is 7.13. The van der Waals surface area contributed by atoms with Gasteiger partial charge in [0.05, 0.1) is 0 Å². The summed E-state index contributed by atoms with van der Waals surface area (Å²) in [4.78, 5) is 13.6. The van der Waals surface area contributed by atoms with Crippen LogP contribution in [0.4, 0.5) is 0 Å². The molecule has 1 rings (SSSR count). The Morgan fingerprint density at radius 3 is 2.39 bits per heavy atom. The molecule has 0 aliphatic heterocycles. The zero-order valence-corrected chi connectivity index (χ0v) is 11.7. The predicted molar refractivity (Wildman–Crippen MR) is 74.7 cm³/mol. The van der Waals surface area contributed by atoms with Crippen molar-refractivity contribution in [2.45, 2.75) is 19.5 Å². The molecule has 0 saturated carbocycles. The number of benzene rings is 1. The van der Waals surface area contributed by atoms with E-state index in [9.17, 15) is 4.79 Å². The van der Waals surface area contributed by atoms with Gasteiger partial charge in [-0.2, -0.15) is 0 Å². The van der Waals surface area contributed by atoms with E-state index in [-0.39, 0.29) is 5.91 Å². The minimum absolute atomic E-state index is 0.0456. The van der Waals surface area contributed by atoms with Crippen LogP contribution >= 0.6 is 0 Å². The highest BCUT2D eigenvalue weighted by Crippen LogP contribution is 2.04. The van der Waals surface area contributed by atoms with Crippen molar-refractivity contribution in [1.82, 2.24) is 15.5 Å². The van der Waals surface area contributed by atoms with Gasteiger partial charge in [-0.3, -0.25) is 4.79 Å². The molecular formula is C14H23N3O. The summed E-state index contributed by atoms with van der Waals surface area (Å²) in [6, 6.07) is 8.18. The van der Waals surface area contributed by atoms with Crippen LogP contribution in [0, 0.1) is 0 Å². The largest absolute Gasteiger partial charge is 0.355 e. The average molecular weight is 249 g/mol. The fourth-order valence-corrected chi connectivity index (χ4v) is 1.53. The monoisotopic (exact) mass is 249 g/mol. The molecule has 4 heteroatoms. The molecule has 4 nitrogen and oxygen atoms in total. The summed E-state index contributed by atoms with van der Waals surface area (Å²) >= 11 is 0. The van der Waals surface area contributed by atoms with Gasteiger partial charge in [0.25, 0.3) is 5.91 Å². The van der Waals surface area contributed by atoms with E-state index in [1.54, 1.807) is 7.05 Å². The topological polar surface area (TPSA) is 44.4 Å². The number of carbonyl (C=O) groups excluding carboxylic acids is 1. The molecule has 0 fully saturated rings. The van der Waals surface area contributed by atoms with Gasteiger partial charge in [-0.15, -0.1) is 0 Å². The van der Waals surface area contributed by atoms with Gasteiger partial charge in [0.1, 0.15) is 0 Å². The van der Waals surface area contributed by atoms with E-state index in [0.29, 0.717) is 11.6 Å². The highest BCUT2D eigenvalue weighted by molar-refractivity contribution is 5.93. The van der Waals surface area contributed by atoms with Gasteiger partial charge in [-0.1, -0.05) is 12.1 Å².